The smallest absolute Gasteiger partial charge is 0.0490 e. The Morgan fingerprint density at radius 3 is 2.53 bits per heavy atom. The fraction of sp³-hybridized carbons (Fsp3) is 0.0667. The molecule has 0 radical (unpaired) electrons. The van der Waals surface area contributed by atoms with Gasteiger partial charge in [-0.1, -0.05) is 46.3 Å². The fourth-order valence-corrected chi connectivity index (χ4v) is 2.44. The molecule has 0 bridgehead atoms. The molecule has 3 aromatic rings. The number of benzene rings is 2. The molecule has 1 N–H and O–H groups in total. The number of para-hydroxylation sites is 1. The van der Waals surface area contributed by atoms with E-state index in [0.29, 0.717) is 0 Å². The van der Waals surface area contributed by atoms with Crippen molar-refractivity contribution in [2.45, 2.75) is 6.92 Å². The Kier molecular flexibility index (Phi) is 2.52. The Bertz CT molecular complexity index is 665. The minimum atomic E-state index is 1.11. The quantitative estimate of drug-likeness (QED) is 0.654. The highest BCUT2D eigenvalue weighted by molar-refractivity contribution is 9.10. The molecule has 0 spiro atoms. The lowest BCUT2D eigenvalue weighted by Gasteiger charge is -2.00. The van der Waals surface area contributed by atoms with Crippen LogP contribution in [0.3, 0.4) is 0 Å². The average molecular weight is 286 g/mol. The Morgan fingerprint density at radius 2 is 1.76 bits per heavy atom. The van der Waals surface area contributed by atoms with E-state index in [1.54, 1.807) is 0 Å². The molecular weight excluding hydrogens is 274 g/mol. The maximum absolute atomic E-state index is 3.46. The first-order valence-electron chi connectivity index (χ1n) is 5.58. The molecular formula is C15H12BrN. The molecule has 0 atom stereocenters. The van der Waals surface area contributed by atoms with Gasteiger partial charge in [0.1, 0.15) is 0 Å². The van der Waals surface area contributed by atoms with Crippen LogP contribution in [0.5, 0.6) is 0 Å². The zero-order valence-electron chi connectivity index (χ0n) is 9.50. The molecule has 0 saturated heterocycles. The number of aromatic nitrogens is 1. The van der Waals surface area contributed by atoms with Crippen molar-refractivity contribution in [3.63, 3.8) is 0 Å². The summed E-state index contributed by atoms with van der Waals surface area (Å²) in [4.78, 5) is 3.36. The third-order valence-electron chi connectivity index (χ3n) is 3.08. The molecule has 0 amide bonds. The lowest BCUT2D eigenvalue weighted by atomic mass is 10.0. The van der Waals surface area contributed by atoms with E-state index >= 15 is 0 Å². The zero-order valence-corrected chi connectivity index (χ0v) is 11.1. The van der Waals surface area contributed by atoms with Gasteiger partial charge in [0.25, 0.3) is 0 Å². The van der Waals surface area contributed by atoms with Crippen LogP contribution in [-0.4, -0.2) is 4.98 Å². The molecule has 1 heterocycles. The van der Waals surface area contributed by atoms with Crippen LogP contribution in [0.15, 0.2) is 53.1 Å². The maximum Gasteiger partial charge on any atom is 0.0490 e. The largest absolute Gasteiger partial charge is 0.360 e. The number of rotatable bonds is 1. The molecule has 1 nitrogen and oxygen atoms in total. The van der Waals surface area contributed by atoms with Gasteiger partial charge >= 0.3 is 0 Å². The van der Waals surface area contributed by atoms with Crippen LogP contribution in [-0.2, 0) is 0 Å². The number of H-pyrrole nitrogens is 1. The zero-order chi connectivity index (χ0) is 11.8. The van der Waals surface area contributed by atoms with Gasteiger partial charge in [-0.3, -0.25) is 0 Å². The van der Waals surface area contributed by atoms with Crippen LogP contribution in [0, 0.1) is 6.92 Å². The molecule has 0 fully saturated rings. The maximum atomic E-state index is 3.46. The number of fused-ring (bicyclic) bond motifs is 1. The molecule has 84 valence electrons. The van der Waals surface area contributed by atoms with E-state index in [0.717, 1.165) is 4.47 Å². The minimum Gasteiger partial charge on any atom is -0.360 e. The highest BCUT2D eigenvalue weighted by Crippen LogP contribution is 2.30. The Balaban J connectivity index is 2.24. The predicted molar refractivity (Wildman–Crippen MR) is 76.2 cm³/mol. The van der Waals surface area contributed by atoms with Crippen molar-refractivity contribution in [3.05, 3.63) is 58.7 Å². The molecule has 0 unspecified atom stereocenters. The summed E-state index contributed by atoms with van der Waals surface area (Å²) in [5.41, 5.74) is 5.01. The lowest BCUT2D eigenvalue weighted by molar-refractivity contribution is 1.42. The normalized spacial score (nSPS) is 10.9. The molecule has 0 aliphatic heterocycles. The van der Waals surface area contributed by atoms with Crippen LogP contribution >= 0.6 is 15.9 Å². The first-order chi connectivity index (χ1) is 8.25. The van der Waals surface area contributed by atoms with Crippen molar-refractivity contribution in [1.82, 2.24) is 4.98 Å². The summed E-state index contributed by atoms with van der Waals surface area (Å²) in [6.45, 7) is 2.13. The predicted octanol–water partition coefficient (Wildman–Crippen LogP) is 4.91. The van der Waals surface area contributed by atoms with E-state index in [-0.39, 0.29) is 0 Å². The van der Waals surface area contributed by atoms with E-state index in [1.165, 1.54) is 27.6 Å². The van der Waals surface area contributed by atoms with Crippen LogP contribution in [0.25, 0.3) is 22.0 Å². The van der Waals surface area contributed by atoms with Crippen LogP contribution in [0.2, 0.25) is 0 Å². The topological polar surface area (TPSA) is 15.8 Å². The van der Waals surface area contributed by atoms with Crippen molar-refractivity contribution in [2.75, 3.05) is 0 Å². The van der Waals surface area contributed by atoms with Gasteiger partial charge in [-0.05, 0) is 30.2 Å². The van der Waals surface area contributed by atoms with Gasteiger partial charge in [0.2, 0.25) is 0 Å². The molecule has 0 saturated carbocycles. The van der Waals surface area contributed by atoms with E-state index in [1.807, 2.05) is 0 Å². The summed E-state index contributed by atoms with van der Waals surface area (Å²) >= 11 is 3.46. The van der Waals surface area contributed by atoms with Gasteiger partial charge in [-0.15, -0.1) is 0 Å². The summed E-state index contributed by atoms with van der Waals surface area (Å²) < 4.78 is 1.11. The van der Waals surface area contributed by atoms with Crippen LogP contribution in [0.1, 0.15) is 5.56 Å². The van der Waals surface area contributed by atoms with Gasteiger partial charge < -0.3 is 4.98 Å². The number of aromatic amines is 1. The number of hydrogen-bond donors (Lipinski definition) is 1. The summed E-state index contributed by atoms with van der Waals surface area (Å²) in [5.74, 6) is 0. The van der Waals surface area contributed by atoms with Gasteiger partial charge in [-0.25, -0.2) is 0 Å². The number of nitrogens with one attached hydrogen (secondary N) is 1. The summed E-state index contributed by atoms with van der Waals surface area (Å²) in [6, 6.07) is 14.8. The number of halogens is 1. The Hall–Kier alpha value is -1.54. The molecule has 2 aromatic carbocycles. The van der Waals surface area contributed by atoms with Crippen molar-refractivity contribution in [2.24, 2.45) is 0 Å². The third-order valence-corrected chi connectivity index (χ3v) is 3.61. The van der Waals surface area contributed by atoms with E-state index in [9.17, 15) is 0 Å². The van der Waals surface area contributed by atoms with Gasteiger partial charge in [0.15, 0.2) is 0 Å². The lowest BCUT2D eigenvalue weighted by Crippen LogP contribution is -1.76. The molecule has 0 aliphatic carbocycles. The van der Waals surface area contributed by atoms with Crippen molar-refractivity contribution < 1.29 is 0 Å². The standard InChI is InChI=1S/C15H12BrN/c1-10-3-2-4-13-14(9-17-15(10)13)11-5-7-12(16)8-6-11/h2-9,17H,1H3. The first kappa shape index (κ1) is 10.6. The fourth-order valence-electron chi connectivity index (χ4n) is 2.17. The first-order valence-corrected chi connectivity index (χ1v) is 6.37. The van der Waals surface area contributed by atoms with Crippen molar-refractivity contribution in [3.8, 4) is 11.1 Å². The second-order valence-corrected chi connectivity index (χ2v) is 5.12. The molecule has 1 aromatic heterocycles. The van der Waals surface area contributed by atoms with Gasteiger partial charge in [-0.2, -0.15) is 0 Å². The van der Waals surface area contributed by atoms with E-state index in [2.05, 4.69) is 76.5 Å². The van der Waals surface area contributed by atoms with Crippen molar-refractivity contribution in [1.29, 1.82) is 0 Å². The molecule has 2 heteroatoms. The monoisotopic (exact) mass is 285 g/mol. The summed E-state index contributed by atoms with van der Waals surface area (Å²) in [6.07, 6.45) is 2.08. The minimum absolute atomic E-state index is 1.11. The number of hydrogen-bond acceptors (Lipinski definition) is 0. The molecule has 17 heavy (non-hydrogen) atoms. The van der Waals surface area contributed by atoms with E-state index in [4.69, 9.17) is 0 Å². The second kappa shape index (κ2) is 4.04. The average Bonchev–Trinajstić information content (AvgIpc) is 2.75. The molecule has 0 aliphatic rings. The SMILES string of the molecule is Cc1cccc2c(-c3ccc(Br)cc3)c[nH]c12. The summed E-state index contributed by atoms with van der Waals surface area (Å²) in [7, 11) is 0. The van der Waals surface area contributed by atoms with E-state index < -0.39 is 0 Å². The number of aryl methyl sites for hydroxylation is 1. The van der Waals surface area contributed by atoms with Crippen LogP contribution < -0.4 is 0 Å². The third kappa shape index (κ3) is 1.79. The van der Waals surface area contributed by atoms with Crippen LogP contribution in [0.4, 0.5) is 0 Å². The Morgan fingerprint density at radius 1 is 1.00 bits per heavy atom. The second-order valence-electron chi connectivity index (χ2n) is 4.21. The molecule has 3 rings (SSSR count). The highest BCUT2D eigenvalue weighted by atomic mass is 79.9. The van der Waals surface area contributed by atoms with Crippen molar-refractivity contribution >= 4 is 26.8 Å². The Labute approximate surface area is 109 Å². The van der Waals surface area contributed by atoms with Gasteiger partial charge in [0.05, 0.1) is 0 Å². The van der Waals surface area contributed by atoms with Gasteiger partial charge in [0, 0.05) is 27.1 Å². The highest BCUT2D eigenvalue weighted by Gasteiger charge is 2.06. The summed E-state index contributed by atoms with van der Waals surface area (Å²) in [5, 5.41) is 1.28.